The Bertz CT molecular complexity index is 710. The zero-order valence-electron chi connectivity index (χ0n) is 11.5. The van der Waals surface area contributed by atoms with Crippen LogP contribution < -0.4 is 9.30 Å². The van der Waals surface area contributed by atoms with E-state index in [2.05, 4.69) is 20.4 Å². The maximum absolute atomic E-state index is 8.23. The molecule has 3 aromatic rings. The van der Waals surface area contributed by atoms with Crippen molar-refractivity contribution < 1.29 is 4.40 Å². The van der Waals surface area contributed by atoms with Crippen LogP contribution in [-0.4, -0.2) is 24.1 Å². The van der Waals surface area contributed by atoms with Gasteiger partial charge in [0.25, 0.3) is 0 Å². The lowest BCUT2D eigenvalue weighted by Crippen LogP contribution is -2.28. The quantitative estimate of drug-likeness (QED) is 0.683. The number of aromatic amines is 1. The van der Waals surface area contributed by atoms with E-state index in [1.54, 1.807) is 24.4 Å². The number of hydrogen-bond donors (Lipinski definition) is 1. The molecule has 100 valence electrons. The van der Waals surface area contributed by atoms with Crippen LogP contribution in [0.15, 0.2) is 55.0 Å². The van der Waals surface area contributed by atoms with Crippen molar-refractivity contribution in [3.05, 3.63) is 60.7 Å². The van der Waals surface area contributed by atoms with Crippen LogP contribution in [-0.2, 0) is 0 Å². The summed E-state index contributed by atoms with van der Waals surface area (Å²) in [6.45, 7) is 0. The Kier molecular flexibility index (Phi) is 4.30. The van der Waals surface area contributed by atoms with Crippen molar-refractivity contribution in [2.75, 3.05) is 19.0 Å². The molecule has 0 saturated heterocycles. The number of anilines is 1. The van der Waals surface area contributed by atoms with Crippen molar-refractivity contribution >= 4 is 11.5 Å². The van der Waals surface area contributed by atoms with Gasteiger partial charge in [0, 0.05) is 6.20 Å². The minimum Gasteiger partial charge on any atom is -0.269 e. The number of nitrogens with zero attached hydrogens (tertiary/aromatic N) is 4. The van der Waals surface area contributed by atoms with E-state index in [4.69, 9.17) is 5.26 Å². The highest BCUT2D eigenvalue weighted by molar-refractivity contribution is 5.40. The van der Waals surface area contributed by atoms with Gasteiger partial charge in [-0.25, -0.2) is 14.4 Å². The lowest BCUT2D eigenvalue weighted by Gasteiger charge is -2.01. The first-order valence-electron chi connectivity index (χ1n) is 6.18. The van der Waals surface area contributed by atoms with Crippen LogP contribution in [0.3, 0.4) is 0 Å². The molecule has 0 aliphatic carbocycles. The number of nitriles is 1. The summed E-state index contributed by atoms with van der Waals surface area (Å²) in [5.74, 6) is 1.09. The molecule has 0 aliphatic heterocycles. The number of pyridine rings is 2. The largest absolute Gasteiger partial charge is 0.361 e. The van der Waals surface area contributed by atoms with Crippen molar-refractivity contribution in [1.82, 2.24) is 9.97 Å². The molecule has 3 rings (SSSR count). The first kappa shape index (κ1) is 13.6. The van der Waals surface area contributed by atoms with Crippen LogP contribution in [0.2, 0.25) is 0 Å². The first-order chi connectivity index (χ1) is 9.72. The van der Waals surface area contributed by atoms with Gasteiger partial charge < -0.3 is 0 Å². The van der Waals surface area contributed by atoms with E-state index in [0.29, 0.717) is 5.69 Å². The van der Waals surface area contributed by atoms with Gasteiger partial charge >= 0.3 is 5.95 Å². The van der Waals surface area contributed by atoms with Gasteiger partial charge in [0.15, 0.2) is 0 Å². The Morgan fingerprint density at radius 2 is 2.00 bits per heavy atom. The van der Waals surface area contributed by atoms with Crippen molar-refractivity contribution in [2.24, 2.45) is 0 Å². The van der Waals surface area contributed by atoms with Crippen LogP contribution in [0.5, 0.6) is 0 Å². The number of rotatable bonds is 1. The van der Waals surface area contributed by atoms with Gasteiger partial charge in [-0.1, -0.05) is 12.1 Å². The maximum Gasteiger partial charge on any atom is 0.361 e. The molecule has 3 aromatic heterocycles. The predicted octanol–water partition coefficient (Wildman–Crippen LogP) is 1.77. The molecule has 5 heteroatoms. The molecule has 0 saturated carbocycles. The van der Waals surface area contributed by atoms with E-state index in [0.717, 1.165) is 5.95 Å². The van der Waals surface area contributed by atoms with E-state index in [1.165, 1.54) is 5.52 Å². The Hall–Kier alpha value is -2.87. The van der Waals surface area contributed by atoms with Crippen LogP contribution in [0.1, 0.15) is 5.69 Å². The predicted molar refractivity (Wildman–Crippen MR) is 77.2 cm³/mol. The summed E-state index contributed by atoms with van der Waals surface area (Å²) in [7, 11) is 4.04. The van der Waals surface area contributed by atoms with Gasteiger partial charge in [0.05, 0.1) is 20.3 Å². The SMILES string of the molecule is CN(C)c1[nH]cc2cccc[n+]12.N#Cc1ccccn1. The second kappa shape index (κ2) is 6.34. The standard InChI is InChI=1S/C9H11N3.C6H4N2/c1-11(2)9-10-7-8-5-3-4-6-12(8)9;7-5-6-3-1-2-4-8-6/h3-7H,1-2H3;1-4H/p+1. The number of nitrogens with one attached hydrogen (secondary N) is 1. The molecule has 0 radical (unpaired) electrons. The lowest BCUT2D eigenvalue weighted by atomic mass is 10.4. The van der Waals surface area contributed by atoms with E-state index in [-0.39, 0.29) is 0 Å². The van der Waals surface area contributed by atoms with Gasteiger partial charge in [0.1, 0.15) is 23.5 Å². The minimum atomic E-state index is 0.465. The Labute approximate surface area is 117 Å². The highest BCUT2D eigenvalue weighted by Gasteiger charge is 2.10. The van der Waals surface area contributed by atoms with Crippen molar-refractivity contribution in [2.45, 2.75) is 0 Å². The average molecular weight is 266 g/mol. The molecule has 0 unspecified atom stereocenters. The van der Waals surface area contributed by atoms with Crippen LogP contribution in [0.4, 0.5) is 5.95 Å². The van der Waals surface area contributed by atoms with E-state index >= 15 is 0 Å². The molecule has 0 aromatic carbocycles. The molecule has 0 fully saturated rings. The van der Waals surface area contributed by atoms with Crippen LogP contribution in [0, 0.1) is 11.3 Å². The van der Waals surface area contributed by atoms with Crippen molar-refractivity contribution in [3.8, 4) is 6.07 Å². The molecule has 3 heterocycles. The number of fused-ring (bicyclic) bond motifs is 1. The van der Waals surface area contributed by atoms with Crippen molar-refractivity contribution in [3.63, 3.8) is 0 Å². The summed E-state index contributed by atoms with van der Waals surface area (Å²) in [5.41, 5.74) is 1.65. The number of hydrogen-bond acceptors (Lipinski definition) is 3. The summed E-state index contributed by atoms with van der Waals surface area (Å²) >= 11 is 0. The molecule has 0 amide bonds. The molecule has 5 nitrogen and oxygen atoms in total. The Balaban J connectivity index is 0.000000160. The van der Waals surface area contributed by atoms with Crippen LogP contribution >= 0.6 is 0 Å². The topological polar surface area (TPSA) is 59.8 Å². The first-order valence-corrected chi connectivity index (χ1v) is 6.18. The zero-order chi connectivity index (χ0) is 14.4. The monoisotopic (exact) mass is 266 g/mol. The molecule has 1 N–H and O–H groups in total. The summed E-state index contributed by atoms with van der Waals surface area (Å²) in [5, 5.41) is 8.23. The minimum absolute atomic E-state index is 0.465. The number of imidazole rings is 1. The fraction of sp³-hybridized carbons (Fsp3) is 0.133. The second-order valence-electron chi connectivity index (χ2n) is 4.33. The highest BCUT2D eigenvalue weighted by Crippen LogP contribution is 2.03. The molecular weight excluding hydrogens is 250 g/mol. The third kappa shape index (κ3) is 3.12. The molecule has 0 spiro atoms. The fourth-order valence-electron chi connectivity index (χ4n) is 1.75. The summed E-state index contributed by atoms with van der Waals surface area (Å²) in [6.07, 6.45) is 5.63. The number of H-pyrrole nitrogens is 1. The smallest absolute Gasteiger partial charge is 0.269 e. The highest BCUT2D eigenvalue weighted by atomic mass is 15.2. The van der Waals surface area contributed by atoms with Crippen LogP contribution in [0.25, 0.3) is 5.52 Å². The molecular formula is C15H16N5+. The van der Waals surface area contributed by atoms with Crippen molar-refractivity contribution in [1.29, 1.82) is 5.26 Å². The van der Waals surface area contributed by atoms with E-state index in [1.807, 2.05) is 49.6 Å². The number of aromatic nitrogens is 3. The second-order valence-corrected chi connectivity index (χ2v) is 4.33. The summed E-state index contributed by atoms with van der Waals surface area (Å²) in [6, 6.07) is 13.3. The lowest BCUT2D eigenvalue weighted by molar-refractivity contribution is -0.497. The van der Waals surface area contributed by atoms with E-state index < -0.39 is 0 Å². The van der Waals surface area contributed by atoms with E-state index in [9.17, 15) is 0 Å². The third-order valence-electron chi connectivity index (χ3n) is 2.67. The molecule has 0 bridgehead atoms. The molecule has 20 heavy (non-hydrogen) atoms. The third-order valence-corrected chi connectivity index (χ3v) is 2.67. The molecule has 0 aliphatic rings. The summed E-state index contributed by atoms with van der Waals surface area (Å²) in [4.78, 5) is 8.99. The van der Waals surface area contributed by atoms with Gasteiger partial charge in [-0.3, -0.25) is 4.90 Å². The van der Waals surface area contributed by atoms with Gasteiger partial charge in [-0.05, 0) is 24.3 Å². The maximum atomic E-state index is 8.23. The Morgan fingerprint density at radius 3 is 2.60 bits per heavy atom. The zero-order valence-corrected chi connectivity index (χ0v) is 11.5. The average Bonchev–Trinajstić information content (AvgIpc) is 2.93. The molecule has 0 atom stereocenters. The summed E-state index contributed by atoms with van der Waals surface area (Å²) < 4.78 is 2.11. The van der Waals surface area contributed by atoms with Gasteiger partial charge in [-0.2, -0.15) is 5.26 Å². The Morgan fingerprint density at radius 1 is 1.20 bits per heavy atom. The van der Waals surface area contributed by atoms with Gasteiger partial charge in [0.2, 0.25) is 0 Å². The van der Waals surface area contributed by atoms with Gasteiger partial charge in [-0.15, -0.1) is 0 Å². The normalized spacial score (nSPS) is 9.45. The fourth-order valence-corrected chi connectivity index (χ4v) is 1.75.